The lowest BCUT2D eigenvalue weighted by molar-refractivity contribution is -0.138. The van der Waals surface area contributed by atoms with Gasteiger partial charge in [0.15, 0.2) is 0 Å². The number of nitrogens with zero attached hydrogens (tertiary/aromatic N) is 3. The van der Waals surface area contributed by atoms with E-state index in [4.69, 9.17) is 23.2 Å². The lowest BCUT2D eigenvalue weighted by atomic mass is 10.0. The lowest BCUT2D eigenvalue weighted by Crippen LogP contribution is -2.59. The van der Waals surface area contributed by atoms with Crippen LogP contribution in [0.2, 0.25) is 10.0 Å². The Bertz CT molecular complexity index is 1010. The van der Waals surface area contributed by atoms with Gasteiger partial charge in [0.05, 0.1) is 17.0 Å². The van der Waals surface area contributed by atoms with E-state index in [0.29, 0.717) is 31.2 Å². The molecule has 0 aromatic heterocycles. The molecule has 4 rings (SSSR count). The van der Waals surface area contributed by atoms with Gasteiger partial charge in [0.2, 0.25) is 11.8 Å². The minimum atomic E-state index is -0.873. The number of hydrogen-bond acceptors (Lipinski definition) is 4. The van der Waals surface area contributed by atoms with Crippen LogP contribution >= 0.6 is 23.2 Å². The van der Waals surface area contributed by atoms with Gasteiger partial charge in [0.1, 0.15) is 6.04 Å². The van der Waals surface area contributed by atoms with E-state index < -0.39 is 6.04 Å². The third-order valence-corrected chi connectivity index (χ3v) is 6.42. The summed E-state index contributed by atoms with van der Waals surface area (Å²) in [6.45, 7) is 3.21. The van der Waals surface area contributed by atoms with Crippen molar-refractivity contribution >= 4 is 46.6 Å². The first kappa shape index (κ1) is 22.4. The minimum absolute atomic E-state index is 0.0614. The van der Waals surface area contributed by atoms with Crippen LogP contribution in [0.5, 0.6) is 0 Å². The molecule has 9 heteroatoms. The predicted octanol–water partition coefficient (Wildman–Crippen LogP) is 2.67. The van der Waals surface area contributed by atoms with E-state index in [1.54, 1.807) is 17.0 Å². The van der Waals surface area contributed by atoms with Crippen molar-refractivity contribution in [2.24, 2.45) is 0 Å². The molecule has 2 fully saturated rings. The normalized spacial score (nSPS) is 19.0. The summed E-state index contributed by atoms with van der Waals surface area (Å²) < 4.78 is 0. The van der Waals surface area contributed by atoms with E-state index in [0.717, 1.165) is 18.8 Å². The Hall–Kier alpha value is -2.77. The smallest absolute Gasteiger partial charge is 0.256 e. The van der Waals surface area contributed by atoms with Crippen molar-refractivity contribution in [1.82, 2.24) is 15.1 Å². The number of para-hydroxylation sites is 1. The van der Waals surface area contributed by atoms with E-state index >= 15 is 0 Å². The molecule has 2 aromatic rings. The average Bonchev–Trinajstić information content (AvgIpc) is 2.80. The fourth-order valence-corrected chi connectivity index (χ4v) is 4.62. The second-order valence-corrected chi connectivity index (χ2v) is 8.68. The number of piperazine rings is 2. The Morgan fingerprint density at radius 2 is 1.69 bits per heavy atom. The van der Waals surface area contributed by atoms with Gasteiger partial charge in [-0.15, -0.1) is 0 Å². The van der Waals surface area contributed by atoms with Crippen LogP contribution in [0.15, 0.2) is 48.5 Å². The molecule has 2 aliphatic rings. The number of nitrogens with one attached hydrogen (secondary N) is 1. The molecule has 0 unspecified atom stereocenters. The molecule has 1 N–H and O–H groups in total. The fourth-order valence-electron chi connectivity index (χ4n) is 4.13. The molecule has 3 amide bonds. The molecule has 0 spiro atoms. The molecule has 32 heavy (non-hydrogen) atoms. The van der Waals surface area contributed by atoms with Gasteiger partial charge in [0.25, 0.3) is 5.91 Å². The first-order valence-corrected chi connectivity index (χ1v) is 11.3. The standard InChI is InChI=1S/C23H24Cl2N4O3/c24-16-6-7-18(19(25)14-16)23(32)29-9-8-26-22(31)20(29)15-21(30)28-12-10-27(11-13-28)17-4-2-1-3-5-17/h1-7,14,20H,8-13,15H2,(H,26,31)/t20-/m1/s1. The Balaban J connectivity index is 1.42. The van der Waals surface area contributed by atoms with Crippen molar-refractivity contribution in [3.8, 4) is 0 Å². The summed E-state index contributed by atoms with van der Waals surface area (Å²) in [6.07, 6.45) is -0.0614. The predicted molar refractivity (Wildman–Crippen MR) is 124 cm³/mol. The molecule has 2 aromatic carbocycles. The zero-order chi connectivity index (χ0) is 22.7. The summed E-state index contributed by atoms with van der Waals surface area (Å²) in [7, 11) is 0. The zero-order valence-corrected chi connectivity index (χ0v) is 19.0. The first-order chi connectivity index (χ1) is 15.4. The summed E-state index contributed by atoms with van der Waals surface area (Å²) in [5, 5.41) is 3.40. The topological polar surface area (TPSA) is 73.0 Å². The highest BCUT2D eigenvalue weighted by atomic mass is 35.5. The molecule has 0 radical (unpaired) electrons. The maximum Gasteiger partial charge on any atom is 0.256 e. The van der Waals surface area contributed by atoms with Gasteiger partial charge < -0.3 is 20.0 Å². The van der Waals surface area contributed by atoms with E-state index in [9.17, 15) is 14.4 Å². The Kier molecular flexibility index (Phi) is 6.86. The second kappa shape index (κ2) is 9.79. The first-order valence-electron chi connectivity index (χ1n) is 10.6. The summed E-state index contributed by atoms with van der Waals surface area (Å²) in [5.41, 5.74) is 1.39. The van der Waals surface area contributed by atoms with Gasteiger partial charge >= 0.3 is 0 Å². The third kappa shape index (κ3) is 4.84. The molecular formula is C23H24Cl2N4O3. The van der Waals surface area contributed by atoms with Crippen LogP contribution in [0.1, 0.15) is 16.8 Å². The minimum Gasteiger partial charge on any atom is -0.368 e. The van der Waals surface area contributed by atoms with Crippen LogP contribution < -0.4 is 10.2 Å². The molecule has 0 aliphatic carbocycles. The van der Waals surface area contributed by atoms with Crippen molar-refractivity contribution in [2.75, 3.05) is 44.2 Å². The number of anilines is 1. The number of amides is 3. The quantitative estimate of drug-likeness (QED) is 0.738. The van der Waals surface area contributed by atoms with Crippen molar-refractivity contribution in [2.45, 2.75) is 12.5 Å². The SMILES string of the molecule is O=C1NCCN(C(=O)c2ccc(Cl)cc2Cl)[C@@H]1CC(=O)N1CCN(c2ccccc2)CC1. The zero-order valence-electron chi connectivity index (χ0n) is 17.5. The van der Waals surface area contributed by atoms with Crippen LogP contribution in [0, 0.1) is 0 Å². The van der Waals surface area contributed by atoms with Gasteiger partial charge in [-0.2, -0.15) is 0 Å². The maximum atomic E-state index is 13.1. The van der Waals surface area contributed by atoms with Crippen LogP contribution in [0.25, 0.3) is 0 Å². The highest BCUT2D eigenvalue weighted by Gasteiger charge is 2.37. The highest BCUT2D eigenvalue weighted by molar-refractivity contribution is 6.36. The fraction of sp³-hybridized carbons (Fsp3) is 0.348. The number of halogens is 2. The molecular weight excluding hydrogens is 451 g/mol. The number of hydrogen-bond donors (Lipinski definition) is 1. The molecule has 0 saturated carbocycles. The van der Waals surface area contributed by atoms with E-state index in [-0.39, 0.29) is 34.7 Å². The van der Waals surface area contributed by atoms with Crippen LogP contribution in [0.3, 0.4) is 0 Å². The van der Waals surface area contributed by atoms with Crippen molar-refractivity contribution in [3.05, 3.63) is 64.1 Å². The molecule has 2 heterocycles. The lowest BCUT2D eigenvalue weighted by Gasteiger charge is -2.39. The largest absolute Gasteiger partial charge is 0.368 e. The Labute approximate surface area is 196 Å². The summed E-state index contributed by atoms with van der Waals surface area (Å²) >= 11 is 12.1. The highest BCUT2D eigenvalue weighted by Crippen LogP contribution is 2.24. The van der Waals surface area contributed by atoms with Crippen molar-refractivity contribution in [3.63, 3.8) is 0 Å². The second-order valence-electron chi connectivity index (χ2n) is 7.84. The van der Waals surface area contributed by atoms with Gasteiger partial charge in [-0.25, -0.2) is 0 Å². The summed E-state index contributed by atoms with van der Waals surface area (Å²) in [6, 6.07) is 13.8. The van der Waals surface area contributed by atoms with Gasteiger partial charge in [-0.3, -0.25) is 14.4 Å². The Morgan fingerprint density at radius 1 is 0.969 bits per heavy atom. The number of benzene rings is 2. The van der Waals surface area contributed by atoms with E-state index in [1.165, 1.54) is 11.0 Å². The average molecular weight is 475 g/mol. The van der Waals surface area contributed by atoms with Crippen LogP contribution in [-0.2, 0) is 9.59 Å². The van der Waals surface area contributed by atoms with Gasteiger partial charge in [-0.1, -0.05) is 41.4 Å². The molecule has 1 atom stereocenters. The maximum absolute atomic E-state index is 13.1. The summed E-state index contributed by atoms with van der Waals surface area (Å²) in [5.74, 6) is -0.848. The summed E-state index contributed by atoms with van der Waals surface area (Å²) in [4.78, 5) is 44.2. The van der Waals surface area contributed by atoms with E-state index in [2.05, 4.69) is 22.3 Å². The monoisotopic (exact) mass is 474 g/mol. The van der Waals surface area contributed by atoms with E-state index in [1.807, 2.05) is 18.2 Å². The molecule has 0 bridgehead atoms. The van der Waals surface area contributed by atoms with Crippen LogP contribution in [-0.4, -0.2) is 72.8 Å². The number of carbonyl (C=O) groups is 3. The van der Waals surface area contributed by atoms with Crippen molar-refractivity contribution < 1.29 is 14.4 Å². The van der Waals surface area contributed by atoms with Gasteiger partial charge in [0, 0.05) is 50.0 Å². The van der Waals surface area contributed by atoms with Crippen LogP contribution in [0.4, 0.5) is 5.69 Å². The third-order valence-electron chi connectivity index (χ3n) is 5.87. The number of carbonyl (C=O) groups excluding carboxylic acids is 3. The molecule has 2 aliphatic heterocycles. The van der Waals surface area contributed by atoms with Gasteiger partial charge in [-0.05, 0) is 30.3 Å². The molecule has 168 valence electrons. The molecule has 2 saturated heterocycles. The molecule has 7 nitrogen and oxygen atoms in total. The van der Waals surface area contributed by atoms with Crippen molar-refractivity contribution in [1.29, 1.82) is 0 Å². The number of rotatable bonds is 4. The Morgan fingerprint density at radius 3 is 2.38 bits per heavy atom.